The molecule has 3 atom stereocenters. The van der Waals surface area contributed by atoms with Crippen molar-refractivity contribution in [2.75, 3.05) is 32.7 Å². The van der Waals surface area contributed by atoms with Gasteiger partial charge in [0.05, 0.1) is 10.9 Å². The second-order valence-corrected chi connectivity index (χ2v) is 8.58. The summed E-state index contributed by atoms with van der Waals surface area (Å²) in [5.41, 5.74) is 8.14. The van der Waals surface area contributed by atoms with Crippen molar-refractivity contribution in [1.29, 1.82) is 0 Å². The van der Waals surface area contributed by atoms with Gasteiger partial charge in [-0.1, -0.05) is 36.4 Å². The Balaban J connectivity index is 1.28. The standard InChI is InChI=1S/C21H28N4OS/c26-21(19-9-5-11-27-19)22-12-16-6-4-10-25(14-16)15-18-13-23-24-20(18)17-7-2-1-3-8-17/h1-3,5,7-9,11,16,18,20,23-24H,4,6,10,12-15H2,(H,22,26). The highest BCUT2D eigenvalue weighted by atomic mass is 32.1. The molecule has 2 aliphatic heterocycles. The van der Waals surface area contributed by atoms with E-state index in [4.69, 9.17) is 0 Å². The van der Waals surface area contributed by atoms with E-state index in [-0.39, 0.29) is 5.91 Å². The molecule has 1 aromatic heterocycles. The van der Waals surface area contributed by atoms with Gasteiger partial charge in [-0.2, -0.15) is 0 Å². The van der Waals surface area contributed by atoms with Gasteiger partial charge in [0.2, 0.25) is 0 Å². The minimum atomic E-state index is 0.0652. The highest BCUT2D eigenvalue weighted by Gasteiger charge is 2.31. The van der Waals surface area contributed by atoms with Crippen LogP contribution >= 0.6 is 11.3 Å². The zero-order valence-corrected chi connectivity index (χ0v) is 16.4. The smallest absolute Gasteiger partial charge is 0.261 e. The molecule has 2 saturated heterocycles. The van der Waals surface area contributed by atoms with E-state index in [0.29, 0.717) is 17.9 Å². The Kier molecular flexibility index (Phi) is 6.19. The topological polar surface area (TPSA) is 56.4 Å². The molecule has 4 rings (SSSR count). The number of hydrazine groups is 1. The third-order valence-electron chi connectivity index (χ3n) is 5.64. The van der Waals surface area contributed by atoms with Gasteiger partial charge in [0.1, 0.15) is 0 Å². The second-order valence-electron chi connectivity index (χ2n) is 7.63. The molecule has 0 bridgehead atoms. The zero-order valence-electron chi connectivity index (χ0n) is 15.6. The van der Waals surface area contributed by atoms with Crippen molar-refractivity contribution in [3.8, 4) is 0 Å². The molecule has 0 aliphatic carbocycles. The molecule has 0 saturated carbocycles. The van der Waals surface area contributed by atoms with Crippen LogP contribution in [-0.2, 0) is 0 Å². The molecule has 0 radical (unpaired) electrons. The van der Waals surface area contributed by atoms with Crippen molar-refractivity contribution in [3.63, 3.8) is 0 Å². The number of hydrogen-bond acceptors (Lipinski definition) is 5. The van der Waals surface area contributed by atoms with Gasteiger partial charge in [0.15, 0.2) is 0 Å². The lowest BCUT2D eigenvalue weighted by atomic mass is 9.92. The molecule has 2 aliphatic rings. The van der Waals surface area contributed by atoms with Crippen LogP contribution in [0, 0.1) is 11.8 Å². The lowest BCUT2D eigenvalue weighted by Crippen LogP contribution is -2.43. The summed E-state index contributed by atoms with van der Waals surface area (Å²) < 4.78 is 0. The largest absolute Gasteiger partial charge is 0.351 e. The minimum absolute atomic E-state index is 0.0652. The number of carbonyl (C=O) groups excluding carboxylic acids is 1. The zero-order chi connectivity index (χ0) is 18.5. The van der Waals surface area contributed by atoms with E-state index >= 15 is 0 Å². The number of nitrogens with zero attached hydrogens (tertiary/aromatic N) is 1. The van der Waals surface area contributed by atoms with Crippen molar-refractivity contribution in [1.82, 2.24) is 21.1 Å². The third kappa shape index (κ3) is 4.76. The number of likely N-dealkylation sites (tertiary alicyclic amines) is 1. The number of nitrogens with one attached hydrogen (secondary N) is 3. The molecular weight excluding hydrogens is 356 g/mol. The summed E-state index contributed by atoms with van der Waals surface area (Å²) in [4.78, 5) is 15.6. The van der Waals surface area contributed by atoms with Crippen LogP contribution in [0.25, 0.3) is 0 Å². The molecule has 3 unspecified atom stereocenters. The molecule has 0 spiro atoms. The van der Waals surface area contributed by atoms with Crippen molar-refractivity contribution in [2.24, 2.45) is 11.8 Å². The van der Waals surface area contributed by atoms with Gasteiger partial charge in [-0.3, -0.25) is 10.2 Å². The summed E-state index contributed by atoms with van der Waals surface area (Å²) in [5.74, 6) is 1.17. The van der Waals surface area contributed by atoms with E-state index in [1.165, 1.54) is 29.7 Å². The molecule has 1 aromatic carbocycles. The van der Waals surface area contributed by atoms with Crippen LogP contribution in [-0.4, -0.2) is 43.5 Å². The molecule has 3 N–H and O–H groups in total. The number of hydrogen-bond donors (Lipinski definition) is 3. The average Bonchev–Trinajstić information content (AvgIpc) is 3.39. The minimum Gasteiger partial charge on any atom is -0.351 e. The number of benzene rings is 1. The Bertz CT molecular complexity index is 721. The summed E-state index contributed by atoms with van der Waals surface area (Å²) >= 11 is 1.50. The highest BCUT2D eigenvalue weighted by Crippen LogP contribution is 2.27. The fourth-order valence-electron chi connectivity index (χ4n) is 4.27. The number of amides is 1. The predicted molar refractivity (Wildman–Crippen MR) is 110 cm³/mol. The van der Waals surface area contributed by atoms with Gasteiger partial charge in [-0.15, -0.1) is 11.3 Å². The van der Waals surface area contributed by atoms with Crippen LogP contribution < -0.4 is 16.2 Å². The van der Waals surface area contributed by atoms with Crippen LogP contribution in [0.15, 0.2) is 47.8 Å². The quantitative estimate of drug-likeness (QED) is 0.717. The molecule has 6 heteroatoms. The molecular formula is C21H28N4OS. The number of carbonyl (C=O) groups is 1. The van der Waals surface area contributed by atoms with Crippen LogP contribution in [0.4, 0.5) is 0 Å². The van der Waals surface area contributed by atoms with E-state index in [2.05, 4.69) is 51.4 Å². The van der Waals surface area contributed by atoms with E-state index in [0.717, 1.165) is 37.6 Å². The maximum absolute atomic E-state index is 12.2. The van der Waals surface area contributed by atoms with Gasteiger partial charge in [-0.25, -0.2) is 5.43 Å². The van der Waals surface area contributed by atoms with Crippen LogP contribution in [0.3, 0.4) is 0 Å². The lowest BCUT2D eigenvalue weighted by molar-refractivity contribution is 0.0931. The second kappa shape index (κ2) is 8.97. The molecule has 5 nitrogen and oxygen atoms in total. The fraction of sp³-hybridized carbons (Fsp3) is 0.476. The summed E-state index contributed by atoms with van der Waals surface area (Å²) in [6, 6.07) is 14.9. The van der Waals surface area contributed by atoms with Crippen molar-refractivity contribution in [3.05, 3.63) is 58.3 Å². The van der Waals surface area contributed by atoms with Gasteiger partial charge in [-0.05, 0) is 42.3 Å². The first-order valence-electron chi connectivity index (χ1n) is 9.87. The summed E-state index contributed by atoms with van der Waals surface area (Å²) in [5, 5.41) is 5.07. The molecule has 2 fully saturated rings. The van der Waals surface area contributed by atoms with Gasteiger partial charge in [0, 0.05) is 32.1 Å². The van der Waals surface area contributed by atoms with E-state index < -0.39 is 0 Å². The predicted octanol–water partition coefficient (Wildman–Crippen LogP) is 2.66. The van der Waals surface area contributed by atoms with Crippen molar-refractivity contribution in [2.45, 2.75) is 18.9 Å². The third-order valence-corrected chi connectivity index (χ3v) is 6.51. The number of piperidine rings is 1. The summed E-state index contributed by atoms with van der Waals surface area (Å²) in [6.45, 7) is 5.09. The van der Waals surface area contributed by atoms with Crippen molar-refractivity contribution >= 4 is 17.2 Å². The summed E-state index contributed by atoms with van der Waals surface area (Å²) in [7, 11) is 0. The fourth-order valence-corrected chi connectivity index (χ4v) is 4.91. The van der Waals surface area contributed by atoms with Crippen molar-refractivity contribution < 1.29 is 4.79 Å². The van der Waals surface area contributed by atoms with Crippen LogP contribution in [0.5, 0.6) is 0 Å². The summed E-state index contributed by atoms with van der Waals surface area (Å²) in [6.07, 6.45) is 2.41. The highest BCUT2D eigenvalue weighted by molar-refractivity contribution is 7.12. The molecule has 144 valence electrons. The van der Waals surface area contributed by atoms with E-state index in [1.807, 2.05) is 17.5 Å². The number of thiophene rings is 1. The maximum atomic E-state index is 12.2. The Hall–Kier alpha value is -1.73. The molecule has 2 aromatic rings. The van der Waals surface area contributed by atoms with Crippen LogP contribution in [0.2, 0.25) is 0 Å². The number of rotatable bonds is 6. The molecule has 1 amide bonds. The Labute approximate surface area is 165 Å². The Morgan fingerprint density at radius 2 is 2.11 bits per heavy atom. The first kappa shape index (κ1) is 18.6. The average molecular weight is 385 g/mol. The van der Waals surface area contributed by atoms with E-state index in [9.17, 15) is 4.79 Å². The SMILES string of the molecule is O=C(NCC1CCCN(CC2CNNC2c2ccccc2)C1)c1cccs1. The van der Waals surface area contributed by atoms with Gasteiger partial charge in [0.25, 0.3) is 5.91 Å². The first-order valence-corrected chi connectivity index (χ1v) is 10.7. The normalized spacial score (nSPS) is 26.1. The van der Waals surface area contributed by atoms with Gasteiger partial charge >= 0.3 is 0 Å². The Morgan fingerprint density at radius 1 is 1.22 bits per heavy atom. The van der Waals surface area contributed by atoms with Crippen LogP contribution in [0.1, 0.15) is 34.1 Å². The van der Waals surface area contributed by atoms with E-state index in [1.54, 1.807) is 0 Å². The monoisotopic (exact) mass is 384 g/mol. The maximum Gasteiger partial charge on any atom is 0.261 e. The molecule has 27 heavy (non-hydrogen) atoms. The lowest BCUT2D eigenvalue weighted by Gasteiger charge is -2.35. The van der Waals surface area contributed by atoms with Gasteiger partial charge < -0.3 is 10.2 Å². The Morgan fingerprint density at radius 3 is 2.93 bits per heavy atom. The first-order chi connectivity index (χ1) is 13.3. The molecule has 3 heterocycles.